The largest absolute Gasteiger partial charge is 0.356 e. The van der Waals surface area contributed by atoms with Crippen LogP contribution in [0, 0.1) is 0 Å². The SMILES string of the molecule is CC(C)N1C(=O)CO[C@H](C(=O)N2CCc3ccccc3C2)[C@H]1c1ccccc1. The van der Waals surface area contributed by atoms with Crippen LogP contribution in [0.15, 0.2) is 54.6 Å². The lowest BCUT2D eigenvalue weighted by molar-refractivity contribution is -0.172. The third-order valence-corrected chi connectivity index (χ3v) is 5.64. The van der Waals surface area contributed by atoms with Crippen molar-refractivity contribution in [2.45, 2.75) is 45.0 Å². The zero-order chi connectivity index (χ0) is 19.7. The molecule has 1 saturated heterocycles. The van der Waals surface area contributed by atoms with Crippen molar-refractivity contribution >= 4 is 11.8 Å². The maximum absolute atomic E-state index is 13.5. The van der Waals surface area contributed by atoms with E-state index in [-0.39, 0.29) is 24.5 Å². The number of hydrogen-bond donors (Lipinski definition) is 0. The number of nitrogens with zero attached hydrogens (tertiary/aromatic N) is 2. The molecule has 0 spiro atoms. The Morgan fingerprint density at radius 2 is 1.71 bits per heavy atom. The molecular weight excluding hydrogens is 352 g/mol. The summed E-state index contributed by atoms with van der Waals surface area (Å²) in [5, 5.41) is 0. The van der Waals surface area contributed by atoms with Gasteiger partial charge in [0.1, 0.15) is 6.61 Å². The van der Waals surface area contributed by atoms with Crippen LogP contribution in [0.3, 0.4) is 0 Å². The second-order valence-electron chi connectivity index (χ2n) is 7.76. The van der Waals surface area contributed by atoms with Crippen molar-refractivity contribution < 1.29 is 14.3 Å². The fourth-order valence-electron chi connectivity index (χ4n) is 4.29. The summed E-state index contributed by atoms with van der Waals surface area (Å²) in [5.74, 6) is -0.113. The zero-order valence-corrected chi connectivity index (χ0v) is 16.4. The summed E-state index contributed by atoms with van der Waals surface area (Å²) in [6.45, 7) is 5.18. The second kappa shape index (κ2) is 7.76. The van der Waals surface area contributed by atoms with Crippen LogP contribution < -0.4 is 0 Å². The number of benzene rings is 2. The summed E-state index contributed by atoms with van der Waals surface area (Å²) in [6.07, 6.45) is 0.157. The van der Waals surface area contributed by atoms with E-state index in [1.165, 1.54) is 11.1 Å². The first kappa shape index (κ1) is 18.7. The van der Waals surface area contributed by atoms with Crippen LogP contribution in [0.25, 0.3) is 0 Å². The van der Waals surface area contributed by atoms with E-state index < -0.39 is 12.1 Å². The zero-order valence-electron chi connectivity index (χ0n) is 16.4. The number of fused-ring (bicyclic) bond motifs is 1. The predicted octanol–water partition coefficient (Wildman–Crippen LogP) is 2.95. The number of hydrogen-bond acceptors (Lipinski definition) is 3. The normalized spacial score (nSPS) is 22.3. The highest BCUT2D eigenvalue weighted by atomic mass is 16.5. The fourth-order valence-corrected chi connectivity index (χ4v) is 4.29. The van der Waals surface area contributed by atoms with E-state index in [2.05, 4.69) is 12.1 Å². The van der Waals surface area contributed by atoms with Crippen LogP contribution in [0.2, 0.25) is 0 Å². The standard InChI is InChI=1S/C23H26N2O3/c1-16(2)25-20(26)15-28-22(21(25)18-9-4-3-5-10-18)23(27)24-13-12-17-8-6-7-11-19(17)14-24/h3-11,16,21-22H,12-15H2,1-2H3/t21-,22+/m1/s1. The summed E-state index contributed by atoms with van der Waals surface area (Å²) < 4.78 is 5.86. The van der Waals surface area contributed by atoms with Gasteiger partial charge in [-0.25, -0.2) is 0 Å². The van der Waals surface area contributed by atoms with Crippen molar-refractivity contribution in [2.75, 3.05) is 13.2 Å². The molecule has 1 fully saturated rings. The van der Waals surface area contributed by atoms with Crippen LogP contribution in [0.5, 0.6) is 0 Å². The molecule has 0 aliphatic carbocycles. The molecule has 2 aromatic rings. The Labute approximate surface area is 165 Å². The summed E-state index contributed by atoms with van der Waals surface area (Å²) in [7, 11) is 0. The number of amides is 2. The van der Waals surface area contributed by atoms with Gasteiger partial charge in [0, 0.05) is 19.1 Å². The van der Waals surface area contributed by atoms with Crippen LogP contribution in [-0.4, -0.2) is 46.9 Å². The van der Waals surface area contributed by atoms with Gasteiger partial charge < -0.3 is 14.5 Å². The van der Waals surface area contributed by atoms with Crippen LogP contribution in [0.4, 0.5) is 0 Å². The maximum Gasteiger partial charge on any atom is 0.254 e. The lowest BCUT2D eigenvalue weighted by Crippen LogP contribution is -2.57. The Hall–Kier alpha value is -2.66. The molecule has 0 aromatic heterocycles. The topological polar surface area (TPSA) is 49.9 Å². The molecule has 2 heterocycles. The van der Waals surface area contributed by atoms with Crippen LogP contribution >= 0.6 is 0 Å². The average molecular weight is 378 g/mol. The lowest BCUT2D eigenvalue weighted by Gasteiger charge is -2.44. The van der Waals surface area contributed by atoms with Gasteiger partial charge in [-0.1, -0.05) is 54.6 Å². The molecule has 2 aliphatic heterocycles. The van der Waals surface area contributed by atoms with Gasteiger partial charge in [-0.15, -0.1) is 0 Å². The van der Waals surface area contributed by atoms with Gasteiger partial charge >= 0.3 is 0 Å². The quantitative estimate of drug-likeness (QED) is 0.825. The summed E-state index contributed by atoms with van der Waals surface area (Å²) >= 11 is 0. The van der Waals surface area contributed by atoms with Crippen molar-refractivity contribution in [3.8, 4) is 0 Å². The van der Waals surface area contributed by atoms with E-state index in [1.807, 2.05) is 61.2 Å². The highest BCUT2D eigenvalue weighted by Gasteiger charge is 2.44. The summed E-state index contributed by atoms with van der Waals surface area (Å²) in [6, 6.07) is 17.6. The van der Waals surface area contributed by atoms with E-state index in [4.69, 9.17) is 4.74 Å². The van der Waals surface area contributed by atoms with Gasteiger partial charge in [0.2, 0.25) is 5.91 Å². The minimum absolute atomic E-state index is 0.0148. The van der Waals surface area contributed by atoms with Crippen molar-refractivity contribution in [1.82, 2.24) is 9.80 Å². The van der Waals surface area contributed by atoms with Gasteiger partial charge in [0.05, 0.1) is 6.04 Å². The molecule has 146 valence electrons. The molecule has 0 unspecified atom stereocenters. The lowest BCUT2D eigenvalue weighted by atomic mass is 9.94. The number of carbonyl (C=O) groups is 2. The molecule has 0 saturated carbocycles. The molecule has 28 heavy (non-hydrogen) atoms. The maximum atomic E-state index is 13.5. The predicted molar refractivity (Wildman–Crippen MR) is 106 cm³/mol. The molecule has 2 aliphatic rings. The summed E-state index contributed by atoms with van der Waals surface area (Å²) in [4.78, 5) is 29.8. The molecule has 0 N–H and O–H groups in total. The highest BCUT2D eigenvalue weighted by molar-refractivity contribution is 5.86. The van der Waals surface area contributed by atoms with E-state index in [0.29, 0.717) is 13.1 Å². The molecule has 2 aromatic carbocycles. The molecule has 5 nitrogen and oxygen atoms in total. The Bertz CT molecular complexity index is 865. The second-order valence-corrected chi connectivity index (χ2v) is 7.76. The molecule has 5 heteroatoms. The van der Waals surface area contributed by atoms with E-state index in [1.54, 1.807) is 4.90 Å². The monoisotopic (exact) mass is 378 g/mol. The van der Waals surface area contributed by atoms with Crippen LogP contribution in [0.1, 0.15) is 36.6 Å². The third-order valence-electron chi connectivity index (χ3n) is 5.64. The van der Waals surface area contributed by atoms with Gasteiger partial charge in [-0.2, -0.15) is 0 Å². The van der Waals surface area contributed by atoms with Crippen molar-refractivity contribution in [2.24, 2.45) is 0 Å². The first-order valence-electron chi connectivity index (χ1n) is 9.89. The van der Waals surface area contributed by atoms with Gasteiger partial charge in [0.15, 0.2) is 6.10 Å². The number of carbonyl (C=O) groups excluding carboxylic acids is 2. The van der Waals surface area contributed by atoms with Crippen molar-refractivity contribution in [1.29, 1.82) is 0 Å². The Kier molecular flexibility index (Phi) is 5.18. The third kappa shape index (κ3) is 3.42. The molecule has 0 radical (unpaired) electrons. The molecule has 2 amide bonds. The van der Waals surface area contributed by atoms with Gasteiger partial charge in [-0.05, 0) is 37.0 Å². The molecule has 4 rings (SSSR count). The Morgan fingerprint density at radius 1 is 1.04 bits per heavy atom. The highest BCUT2D eigenvalue weighted by Crippen LogP contribution is 2.33. The number of ether oxygens (including phenoxy) is 1. The fraction of sp³-hybridized carbons (Fsp3) is 0.391. The smallest absolute Gasteiger partial charge is 0.254 e. The first-order chi connectivity index (χ1) is 13.6. The van der Waals surface area contributed by atoms with E-state index in [9.17, 15) is 9.59 Å². The van der Waals surface area contributed by atoms with Crippen molar-refractivity contribution in [3.05, 3.63) is 71.3 Å². The summed E-state index contributed by atoms with van der Waals surface area (Å²) in [5.41, 5.74) is 3.42. The molecule has 2 atom stereocenters. The van der Waals surface area contributed by atoms with E-state index in [0.717, 1.165) is 12.0 Å². The first-order valence-corrected chi connectivity index (χ1v) is 9.89. The van der Waals surface area contributed by atoms with Gasteiger partial charge in [0.25, 0.3) is 5.91 Å². The number of morpholine rings is 1. The Balaban J connectivity index is 1.65. The van der Waals surface area contributed by atoms with Crippen molar-refractivity contribution in [3.63, 3.8) is 0 Å². The van der Waals surface area contributed by atoms with Crippen LogP contribution in [-0.2, 0) is 27.3 Å². The minimum atomic E-state index is -0.687. The van der Waals surface area contributed by atoms with Gasteiger partial charge in [-0.3, -0.25) is 9.59 Å². The minimum Gasteiger partial charge on any atom is -0.356 e. The molecule has 0 bridgehead atoms. The Morgan fingerprint density at radius 3 is 2.43 bits per heavy atom. The number of rotatable bonds is 3. The molecular formula is C23H26N2O3. The van der Waals surface area contributed by atoms with E-state index >= 15 is 0 Å². The average Bonchev–Trinajstić information content (AvgIpc) is 2.73.